The van der Waals surface area contributed by atoms with Gasteiger partial charge < -0.3 is 20.1 Å². The SMILES string of the molecule is CCOc1ccccc1Nc1nnc(SCC(=O)Nc2ccc(OC(F)F)cc2)s1. The predicted molar refractivity (Wildman–Crippen MR) is 113 cm³/mol. The highest BCUT2D eigenvalue weighted by Crippen LogP contribution is 2.31. The van der Waals surface area contributed by atoms with E-state index in [0.717, 1.165) is 5.69 Å². The van der Waals surface area contributed by atoms with Crippen molar-refractivity contribution in [3.05, 3.63) is 48.5 Å². The average Bonchev–Trinajstić information content (AvgIpc) is 3.17. The molecule has 1 aromatic heterocycles. The number of hydrogen-bond donors (Lipinski definition) is 2. The zero-order valence-corrected chi connectivity index (χ0v) is 17.4. The second-order valence-corrected chi connectivity index (χ2v) is 7.87. The highest BCUT2D eigenvalue weighted by molar-refractivity contribution is 8.01. The maximum absolute atomic E-state index is 12.2. The van der Waals surface area contributed by atoms with E-state index in [9.17, 15) is 13.6 Å². The Morgan fingerprint density at radius 3 is 2.67 bits per heavy atom. The molecule has 3 rings (SSSR count). The number of alkyl halides is 2. The summed E-state index contributed by atoms with van der Waals surface area (Å²) in [6.45, 7) is -0.430. The third-order valence-corrected chi connectivity index (χ3v) is 5.50. The van der Waals surface area contributed by atoms with E-state index in [-0.39, 0.29) is 17.4 Å². The van der Waals surface area contributed by atoms with Gasteiger partial charge in [-0.15, -0.1) is 10.2 Å². The minimum absolute atomic E-state index is 0.0252. The zero-order chi connectivity index (χ0) is 21.3. The van der Waals surface area contributed by atoms with E-state index in [4.69, 9.17) is 4.74 Å². The Balaban J connectivity index is 1.50. The summed E-state index contributed by atoms with van der Waals surface area (Å²) < 4.78 is 34.8. The molecule has 0 aliphatic rings. The average molecular weight is 453 g/mol. The first kappa shape index (κ1) is 21.8. The van der Waals surface area contributed by atoms with Crippen LogP contribution in [-0.4, -0.2) is 35.1 Å². The molecular formula is C19H18F2N4O3S2. The molecule has 1 amide bonds. The maximum Gasteiger partial charge on any atom is 0.387 e. The molecule has 158 valence electrons. The van der Waals surface area contributed by atoms with E-state index in [1.54, 1.807) is 0 Å². The molecule has 0 unspecified atom stereocenters. The molecular weight excluding hydrogens is 434 g/mol. The fourth-order valence-electron chi connectivity index (χ4n) is 2.33. The Labute approximate surface area is 179 Å². The number of carbonyl (C=O) groups is 1. The minimum Gasteiger partial charge on any atom is -0.492 e. The van der Waals surface area contributed by atoms with Gasteiger partial charge in [-0.25, -0.2) is 0 Å². The van der Waals surface area contributed by atoms with Gasteiger partial charge in [-0.05, 0) is 43.3 Å². The van der Waals surface area contributed by atoms with Crippen molar-refractivity contribution < 1.29 is 23.0 Å². The normalized spacial score (nSPS) is 10.7. The Morgan fingerprint density at radius 2 is 1.93 bits per heavy atom. The van der Waals surface area contributed by atoms with Gasteiger partial charge in [-0.1, -0.05) is 35.2 Å². The Kier molecular flexibility index (Phi) is 7.80. The highest BCUT2D eigenvalue weighted by Gasteiger charge is 2.11. The summed E-state index contributed by atoms with van der Waals surface area (Å²) in [6, 6.07) is 13.2. The number of rotatable bonds is 10. The van der Waals surface area contributed by atoms with Gasteiger partial charge in [0, 0.05) is 5.69 Å². The molecule has 11 heteroatoms. The predicted octanol–water partition coefficient (Wildman–Crippen LogP) is 5.01. The third kappa shape index (κ3) is 6.56. The molecule has 0 aliphatic carbocycles. The molecule has 0 bridgehead atoms. The van der Waals surface area contributed by atoms with Crippen molar-refractivity contribution in [1.29, 1.82) is 0 Å². The van der Waals surface area contributed by atoms with Crippen LogP contribution in [0.3, 0.4) is 0 Å². The van der Waals surface area contributed by atoms with E-state index in [1.165, 1.54) is 47.4 Å². The molecule has 0 saturated heterocycles. The second-order valence-electron chi connectivity index (χ2n) is 5.67. The van der Waals surface area contributed by atoms with Crippen LogP contribution in [0.5, 0.6) is 11.5 Å². The van der Waals surface area contributed by atoms with Crippen molar-refractivity contribution in [2.75, 3.05) is 23.0 Å². The van der Waals surface area contributed by atoms with Crippen molar-refractivity contribution in [3.8, 4) is 11.5 Å². The van der Waals surface area contributed by atoms with Crippen LogP contribution < -0.4 is 20.1 Å². The maximum atomic E-state index is 12.2. The van der Waals surface area contributed by atoms with Crippen molar-refractivity contribution in [1.82, 2.24) is 10.2 Å². The molecule has 0 fully saturated rings. The summed E-state index contributed by atoms with van der Waals surface area (Å²) in [4.78, 5) is 12.1. The number of amides is 1. The van der Waals surface area contributed by atoms with Crippen molar-refractivity contribution in [2.24, 2.45) is 0 Å². The minimum atomic E-state index is -2.89. The lowest BCUT2D eigenvalue weighted by atomic mass is 10.3. The van der Waals surface area contributed by atoms with Crippen molar-refractivity contribution in [2.45, 2.75) is 17.9 Å². The first-order chi connectivity index (χ1) is 14.5. The first-order valence-electron chi connectivity index (χ1n) is 8.83. The summed E-state index contributed by atoms with van der Waals surface area (Å²) in [5.74, 6) is 0.610. The molecule has 1 heterocycles. The topological polar surface area (TPSA) is 85.4 Å². The summed E-state index contributed by atoms with van der Waals surface area (Å²) in [5, 5.41) is 14.6. The molecule has 3 aromatic rings. The van der Waals surface area contributed by atoms with Crippen molar-refractivity contribution >= 4 is 45.5 Å². The van der Waals surface area contributed by atoms with Crippen LogP contribution in [-0.2, 0) is 4.79 Å². The van der Waals surface area contributed by atoms with E-state index in [0.29, 0.717) is 27.5 Å². The van der Waals surface area contributed by atoms with Gasteiger partial charge in [0.1, 0.15) is 11.5 Å². The number of carbonyl (C=O) groups excluding carboxylic acids is 1. The lowest BCUT2D eigenvalue weighted by molar-refractivity contribution is -0.113. The van der Waals surface area contributed by atoms with E-state index < -0.39 is 6.61 Å². The Hall–Kier alpha value is -2.92. The lowest BCUT2D eigenvalue weighted by Crippen LogP contribution is -2.13. The van der Waals surface area contributed by atoms with Crippen LogP contribution in [0.2, 0.25) is 0 Å². The van der Waals surface area contributed by atoms with Crippen LogP contribution in [0.4, 0.5) is 25.3 Å². The standard InChI is InChI=1S/C19H18F2N4O3S2/c1-2-27-15-6-4-3-5-14(15)23-18-24-25-19(30-18)29-11-16(26)22-12-7-9-13(10-8-12)28-17(20)21/h3-10,17H,2,11H2,1H3,(H,22,26)(H,23,24). The summed E-state index contributed by atoms with van der Waals surface area (Å²) in [5.41, 5.74) is 1.26. The van der Waals surface area contributed by atoms with Crippen LogP contribution in [0, 0.1) is 0 Å². The Bertz CT molecular complexity index is 970. The number of halogens is 2. The number of anilines is 3. The zero-order valence-electron chi connectivity index (χ0n) is 15.8. The summed E-state index contributed by atoms with van der Waals surface area (Å²) in [6.07, 6.45) is 0. The number of para-hydroxylation sites is 2. The number of hydrogen-bond acceptors (Lipinski definition) is 8. The molecule has 0 spiro atoms. The number of nitrogens with one attached hydrogen (secondary N) is 2. The quantitative estimate of drug-likeness (QED) is 0.418. The largest absolute Gasteiger partial charge is 0.492 e. The number of ether oxygens (including phenoxy) is 2. The molecule has 2 aromatic carbocycles. The fraction of sp³-hybridized carbons (Fsp3) is 0.211. The molecule has 2 N–H and O–H groups in total. The van der Waals surface area contributed by atoms with Crippen LogP contribution in [0.25, 0.3) is 0 Å². The van der Waals surface area contributed by atoms with Crippen molar-refractivity contribution in [3.63, 3.8) is 0 Å². The van der Waals surface area contributed by atoms with Gasteiger partial charge in [-0.2, -0.15) is 8.78 Å². The smallest absolute Gasteiger partial charge is 0.387 e. The molecule has 0 radical (unpaired) electrons. The van der Waals surface area contributed by atoms with E-state index >= 15 is 0 Å². The number of thioether (sulfide) groups is 1. The first-order valence-corrected chi connectivity index (χ1v) is 10.6. The van der Waals surface area contributed by atoms with E-state index in [2.05, 4.69) is 25.6 Å². The monoisotopic (exact) mass is 452 g/mol. The van der Waals surface area contributed by atoms with Gasteiger partial charge in [0.2, 0.25) is 11.0 Å². The molecule has 0 saturated carbocycles. The summed E-state index contributed by atoms with van der Waals surface area (Å²) in [7, 11) is 0. The van der Waals surface area contributed by atoms with Gasteiger partial charge >= 0.3 is 6.61 Å². The number of nitrogens with zero attached hydrogens (tertiary/aromatic N) is 2. The molecule has 0 aliphatic heterocycles. The fourth-order valence-corrected chi connectivity index (χ4v) is 3.89. The van der Waals surface area contributed by atoms with Crippen LogP contribution in [0.15, 0.2) is 52.9 Å². The van der Waals surface area contributed by atoms with E-state index in [1.807, 2.05) is 31.2 Å². The van der Waals surface area contributed by atoms with Crippen LogP contribution >= 0.6 is 23.1 Å². The Morgan fingerprint density at radius 1 is 1.17 bits per heavy atom. The number of benzene rings is 2. The van der Waals surface area contributed by atoms with Gasteiger partial charge in [0.05, 0.1) is 18.0 Å². The third-order valence-electron chi connectivity index (χ3n) is 3.52. The van der Waals surface area contributed by atoms with Gasteiger partial charge in [0.15, 0.2) is 4.34 Å². The number of aromatic nitrogens is 2. The molecule has 0 atom stereocenters. The van der Waals surface area contributed by atoms with Gasteiger partial charge in [-0.3, -0.25) is 4.79 Å². The second kappa shape index (κ2) is 10.7. The van der Waals surface area contributed by atoms with Gasteiger partial charge in [0.25, 0.3) is 0 Å². The molecule has 30 heavy (non-hydrogen) atoms. The summed E-state index contributed by atoms with van der Waals surface area (Å²) >= 11 is 2.56. The molecule has 7 nitrogen and oxygen atoms in total. The van der Waals surface area contributed by atoms with Crippen LogP contribution in [0.1, 0.15) is 6.92 Å². The lowest BCUT2D eigenvalue weighted by Gasteiger charge is -2.09. The highest BCUT2D eigenvalue weighted by atomic mass is 32.2.